The molecular weight excluding hydrogens is 203 g/mol. The number of halogens is 1. The lowest BCUT2D eigenvalue weighted by atomic mass is 10.0. The van der Waals surface area contributed by atoms with Gasteiger partial charge in [-0.3, -0.25) is 0 Å². The van der Waals surface area contributed by atoms with Crippen LogP contribution in [0.25, 0.3) is 0 Å². The van der Waals surface area contributed by atoms with Crippen LogP contribution in [0.1, 0.15) is 22.3 Å². The van der Waals surface area contributed by atoms with Crippen LogP contribution in [0.3, 0.4) is 0 Å². The lowest BCUT2D eigenvalue weighted by Crippen LogP contribution is -2.00. The monoisotopic (exact) mass is 216 g/mol. The van der Waals surface area contributed by atoms with Gasteiger partial charge in [0.25, 0.3) is 0 Å². The van der Waals surface area contributed by atoms with E-state index in [1.807, 2.05) is 19.9 Å². The zero-order valence-electron chi connectivity index (χ0n) is 8.46. The smallest absolute Gasteiger partial charge is 0.194 e. The van der Waals surface area contributed by atoms with Crippen LogP contribution < -0.4 is 0 Å². The van der Waals surface area contributed by atoms with Gasteiger partial charge in [0.2, 0.25) is 0 Å². The average molecular weight is 216 g/mol. The van der Waals surface area contributed by atoms with Crippen molar-refractivity contribution in [3.05, 3.63) is 34.4 Å². The summed E-state index contributed by atoms with van der Waals surface area (Å²) in [5.41, 5.74) is 3.42. The highest BCUT2D eigenvalue weighted by Crippen LogP contribution is 2.18. The van der Waals surface area contributed by atoms with E-state index in [1.54, 1.807) is 13.0 Å². The second-order valence-electron chi connectivity index (χ2n) is 3.55. The molecule has 0 N–H and O–H groups in total. The molecule has 1 aromatic carbocycles. The van der Waals surface area contributed by atoms with Crippen LogP contribution in [0.4, 0.5) is 3.89 Å². The third-order valence-corrected chi connectivity index (χ3v) is 2.94. The third kappa shape index (κ3) is 2.80. The van der Waals surface area contributed by atoms with Gasteiger partial charge in [0.1, 0.15) is 5.75 Å². The molecule has 0 aliphatic rings. The standard InChI is InChI=1S/C10H13FO2S/c1-7-4-9(3)10(5-8(7)2)6-14(11,12)13/h4-5H,6H2,1-3H3. The van der Waals surface area contributed by atoms with Gasteiger partial charge in [0.05, 0.1) is 0 Å². The highest BCUT2D eigenvalue weighted by Gasteiger charge is 2.11. The Morgan fingerprint density at radius 3 is 2.07 bits per heavy atom. The maximum Gasteiger partial charge on any atom is 0.306 e. The van der Waals surface area contributed by atoms with Crippen molar-refractivity contribution in [1.29, 1.82) is 0 Å². The molecule has 0 heterocycles. The van der Waals surface area contributed by atoms with E-state index >= 15 is 0 Å². The molecule has 0 aromatic heterocycles. The molecule has 0 fully saturated rings. The van der Waals surface area contributed by atoms with Crippen molar-refractivity contribution in [2.24, 2.45) is 0 Å². The zero-order chi connectivity index (χ0) is 10.9. The number of rotatable bonds is 2. The number of benzene rings is 1. The summed E-state index contributed by atoms with van der Waals surface area (Å²) in [6.45, 7) is 5.60. The number of hydrogen-bond acceptors (Lipinski definition) is 2. The summed E-state index contributed by atoms with van der Waals surface area (Å²) >= 11 is 0. The molecule has 0 atom stereocenters. The fourth-order valence-corrected chi connectivity index (χ4v) is 2.04. The van der Waals surface area contributed by atoms with Crippen molar-refractivity contribution in [3.8, 4) is 0 Å². The minimum Gasteiger partial charge on any atom is -0.194 e. The van der Waals surface area contributed by atoms with Crippen molar-refractivity contribution < 1.29 is 12.3 Å². The van der Waals surface area contributed by atoms with E-state index in [0.717, 1.165) is 16.7 Å². The molecule has 0 saturated carbocycles. The van der Waals surface area contributed by atoms with E-state index in [4.69, 9.17) is 0 Å². The molecule has 1 aromatic rings. The Bertz CT molecular complexity index is 449. The van der Waals surface area contributed by atoms with Gasteiger partial charge in [-0.1, -0.05) is 12.1 Å². The summed E-state index contributed by atoms with van der Waals surface area (Å²) in [6.07, 6.45) is 0. The number of hydrogen-bond donors (Lipinski definition) is 0. The molecule has 14 heavy (non-hydrogen) atoms. The lowest BCUT2D eigenvalue weighted by molar-refractivity contribution is 0.551. The largest absolute Gasteiger partial charge is 0.306 e. The lowest BCUT2D eigenvalue weighted by Gasteiger charge is -2.07. The highest BCUT2D eigenvalue weighted by molar-refractivity contribution is 7.85. The van der Waals surface area contributed by atoms with E-state index in [-0.39, 0.29) is 0 Å². The van der Waals surface area contributed by atoms with Crippen LogP contribution in [0.15, 0.2) is 12.1 Å². The highest BCUT2D eigenvalue weighted by atomic mass is 32.3. The summed E-state index contributed by atoms with van der Waals surface area (Å²) in [4.78, 5) is 0. The van der Waals surface area contributed by atoms with Gasteiger partial charge in [-0.2, -0.15) is 8.42 Å². The quantitative estimate of drug-likeness (QED) is 0.711. The molecule has 0 bridgehead atoms. The van der Waals surface area contributed by atoms with Crippen LogP contribution in [0.2, 0.25) is 0 Å². The van der Waals surface area contributed by atoms with Gasteiger partial charge in [-0.15, -0.1) is 3.89 Å². The molecule has 0 radical (unpaired) electrons. The minimum absolute atomic E-state index is 0.528. The molecule has 78 valence electrons. The minimum atomic E-state index is -4.43. The first-order chi connectivity index (χ1) is 6.29. The zero-order valence-corrected chi connectivity index (χ0v) is 9.28. The Kier molecular flexibility index (Phi) is 2.95. The Morgan fingerprint density at radius 1 is 1.07 bits per heavy atom. The molecule has 0 aliphatic heterocycles. The number of aryl methyl sites for hydroxylation is 3. The molecular formula is C10H13FO2S. The van der Waals surface area contributed by atoms with Crippen molar-refractivity contribution >= 4 is 10.2 Å². The van der Waals surface area contributed by atoms with Crippen LogP contribution in [-0.2, 0) is 16.0 Å². The van der Waals surface area contributed by atoms with Crippen LogP contribution in [0.5, 0.6) is 0 Å². The van der Waals surface area contributed by atoms with Crippen molar-refractivity contribution in [2.75, 3.05) is 0 Å². The predicted molar refractivity (Wildman–Crippen MR) is 54.4 cm³/mol. The van der Waals surface area contributed by atoms with Gasteiger partial charge < -0.3 is 0 Å². The molecule has 0 spiro atoms. The fraction of sp³-hybridized carbons (Fsp3) is 0.400. The van der Waals surface area contributed by atoms with Gasteiger partial charge in [0, 0.05) is 0 Å². The average Bonchev–Trinajstić information content (AvgIpc) is 1.97. The summed E-state index contributed by atoms with van der Waals surface area (Å²) in [6, 6.07) is 3.59. The summed E-state index contributed by atoms with van der Waals surface area (Å²) in [7, 11) is -4.43. The second kappa shape index (κ2) is 3.69. The SMILES string of the molecule is Cc1cc(C)c(CS(=O)(=O)F)cc1C. The third-order valence-electron chi connectivity index (χ3n) is 2.28. The van der Waals surface area contributed by atoms with Crippen molar-refractivity contribution in [2.45, 2.75) is 26.5 Å². The van der Waals surface area contributed by atoms with Gasteiger partial charge in [-0.25, -0.2) is 0 Å². The van der Waals surface area contributed by atoms with E-state index in [0.29, 0.717) is 5.56 Å². The first-order valence-corrected chi connectivity index (χ1v) is 5.84. The van der Waals surface area contributed by atoms with E-state index in [1.165, 1.54) is 0 Å². The molecule has 1 rings (SSSR count). The topological polar surface area (TPSA) is 34.1 Å². The molecule has 0 unspecified atom stereocenters. The predicted octanol–water partition coefficient (Wildman–Crippen LogP) is 2.41. The Hall–Kier alpha value is -0.900. The molecule has 2 nitrogen and oxygen atoms in total. The first-order valence-electron chi connectivity index (χ1n) is 4.28. The molecule has 0 aliphatic carbocycles. The van der Waals surface area contributed by atoms with Gasteiger partial charge >= 0.3 is 10.2 Å². The van der Waals surface area contributed by atoms with Crippen LogP contribution in [-0.4, -0.2) is 8.42 Å². The van der Waals surface area contributed by atoms with Gasteiger partial charge in [0.15, 0.2) is 0 Å². The summed E-state index contributed by atoms with van der Waals surface area (Å²) in [5, 5.41) is 0. The van der Waals surface area contributed by atoms with E-state index < -0.39 is 16.0 Å². The Balaban J connectivity index is 3.17. The first kappa shape index (κ1) is 11.2. The molecule has 0 amide bonds. The second-order valence-corrected chi connectivity index (χ2v) is 4.91. The normalized spacial score (nSPS) is 11.7. The van der Waals surface area contributed by atoms with Gasteiger partial charge in [-0.05, 0) is 43.0 Å². The summed E-state index contributed by atoms with van der Waals surface area (Å²) < 4.78 is 33.4. The van der Waals surface area contributed by atoms with Crippen LogP contribution >= 0.6 is 0 Å². The Labute approximate surface area is 84.0 Å². The maximum absolute atomic E-state index is 12.5. The molecule has 0 saturated heterocycles. The van der Waals surface area contributed by atoms with Crippen LogP contribution in [0, 0.1) is 20.8 Å². The van der Waals surface area contributed by atoms with E-state index in [2.05, 4.69) is 0 Å². The fourth-order valence-electron chi connectivity index (χ4n) is 1.36. The van der Waals surface area contributed by atoms with E-state index in [9.17, 15) is 12.3 Å². The molecule has 4 heteroatoms. The Morgan fingerprint density at radius 2 is 1.57 bits per heavy atom. The maximum atomic E-state index is 12.5. The van der Waals surface area contributed by atoms with Crippen molar-refractivity contribution in [3.63, 3.8) is 0 Å². The van der Waals surface area contributed by atoms with Crippen molar-refractivity contribution in [1.82, 2.24) is 0 Å². The summed E-state index contributed by atoms with van der Waals surface area (Å²) in [5.74, 6) is -0.528.